The van der Waals surface area contributed by atoms with E-state index in [1.54, 1.807) is 0 Å². The second-order valence-corrected chi connectivity index (χ2v) is 4.55. The molecule has 1 saturated heterocycles. The van der Waals surface area contributed by atoms with E-state index in [2.05, 4.69) is 0 Å². The summed E-state index contributed by atoms with van der Waals surface area (Å²) in [6, 6.07) is -1.88. The van der Waals surface area contributed by atoms with Crippen LogP contribution >= 0.6 is 0 Å². The Labute approximate surface area is 95.4 Å². The van der Waals surface area contributed by atoms with Gasteiger partial charge in [-0.15, -0.1) is 0 Å². The zero-order chi connectivity index (χ0) is 12.8. The lowest BCUT2D eigenvalue weighted by molar-refractivity contribution is -0.190. The molecule has 2 aliphatic rings. The summed E-state index contributed by atoms with van der Waals surface area (Å²) in [5.41, 5.74) is 0. The van der Waals surface area contributed by atoms with Gasteiger partial charge in [0.2, 0.25) is 0 Å². The molecule has 17 heavy (non-hydrogen) atoms. The topological polar surface area (TPSA) is 57.6 Å². The standard InChI is InChI=1S/C10H12F3NO3/c11-10(12,13)9(17)14-6(5-1-2-5)3-4-7(14)8(15)16/h5-7H,1-4H2,(H,15,16). The van der Waals surface area contributed by atoms with E-state index in [0.717, 1.165) is 12.8 Å². The Hall–Kier alpha value is -1.27. The zero-order valence-corrected chi connectivity index (χ0v) is 8.91. The molecule has 0 spiro atoms. The summed E-state index contributed by atoms with van der Waals surface area (Å²) in [6.45, 7) is 0. The van der Waals surface area contributed by atoms with E-state index >= 15 is 0 Å². The van der Waals surface area contributed by atoms with E-state index in [1.165, 1.54) is 0 Å². The summed E-state index contributed by atoms with van der Waals surface area (Å²) in [7, 11) is 0. The molecule has 2 atom stereocenters. The minimum Gasteiger partial charge on any atom is -0.480 e. The predicted octanol–water partition coefficient (Wildman–Crippen LogP) is 1.40. The SMILES string of the molecule is O=C(O)C1CCC(C2CC2)N1C(=O)C(F)(F)F. The molecule has 0 aromatic carbocycles. The Kier molecular flexibility index (Phi) is 2.79. The molecular weight excluding hydrogens is 239 g/mol. The molecule has 2 rings (SSSR count). The molecule has 0 bridgehead atoms. The molecule has 0 aromatic heterocycles. The van der Waals surface area contributed by atoms with Gasteiger partial charge in [-0.2, -0.15) is 13.2 Å². The fourth-order valence-electron chi connectivity index (χ4n) is 2.46. The van der Waals surface area contributed by atoms with E-state index in [0.29, 0.717) is 11.3 Å². The Balaban J connectivity index is 2.22. The second-order valence-electron chi connectivity index (χ2n) is 4.55. The van der Waals surface area contributed by atoms with Gasteiger partial charge in [-0.3, -0.25) is 4.79 Å². The first kappa shape index (κ1) is 12.2. The number of likely N-dealkylation sites (tertiary alicyclic amines) is 1. The number of amides is 1. The van der Waals surface area contributed by atoms with Crippen molar-refractivity contribution in [2.75, 3.05) is 0 Å². The van der Waals surface area contributed by atoms with Crippen LogP contribution in [-0.4, -0.2) is 40.1 Å². The van der Waals surface area contributed by atoms with Crippen LogP contribution in [0, 0.1) is 5.92 Å². The molecular formula is C10H12F3NO3. The fraction of sp³-hybridized carbons (Fsp3) is 0.800. The highest BCUT2D eigenvalue weighted by Gasteiger charge is 2.54. The third-order valence-corrected chi connectivity index (χ3v) is 3.36. The minimum absolute atomic E-state index is 0.0469. The van der Waals surface area contributed by atoms with E-state index in [4.69, 9.17) is 5.11 Å². The third-order valence-electron chi connectivity index (χ3n) is 3.36. The van der Waals surface area contributed by atoms with E-state index in [9.17, 15) is 22.8 Å². The van der Waals surface area contributed by atoms with E-state index < -0.39 is 30.1 Å². The van der Waals surface area contributed by atoms with Crippen LogP contribution in [0.5, 0.6) is 0 Å². The summed E-state index contributed by atoms with van der Waals surface area (Å²) < 4.78 is 37.2. The number of aliphatic carboxylic acids is 1. The number of halogens is 3. The van der Waals surface area contributed by atoms with Gasteiger partial charge in [0.15, 0.2) is 0 Å². The molecule has 0 radical (unpaired) electrons. The van der Waals surface area contributed by atoms with E-state index in [1.807, 2.05) is 0 Å². The maximum absolute atomic E-state index is 12.4. The van der Waals surface area contributed by atoms with Crippen molar-refractivity contribution >= 4 is 11.9 Å². The lowest BCUT2D eigenvalue weighted by Gasteiger charge is -2.29. The van der Waals surface area contributed by atoms with Crippen molar-refractivity contribution in [2.45, 2.75) is 43.9 Å². The molecule has 1 aliphatic carbocycles. The molecule has 2 unspecified atom stereocenters. The number of carboxylic acids is 1. The number of carbonyl (C=O) groups is 2. The molecule has 96 valence electrons. The summed E-state index contributed by atoms with van der Waals surface area (Å²) in [4.78, 5) is 22.7. The van der Waals surface area contributed by atoms with Gasteiger partial charge in [0.25, 0.3) is 0 Å². The van der Waals surface area contributed by atoms with Gasteiger partial charge in [-0.1, -0.05) is 0 Å². The molecule has 7 heteroatoms. The van der Waals surface area contributed by atoms with Crippen molar-refractivity contribution in [3.8, 4) is 0 Å². The van der Waals surface area contributed by atoms with Crippen LogP contribution in [0.3, 0.4) is 0 Å². The molecule has 1 N–H and O–H groups in total. The molecule has 1 saturated carbocycles. The highest BCUT2D eigenvalue weighted by molar-refractivity contribution is 5.88. The van der Waals surface area contributed by atoms with Gasteiger partial charge in [-0.05, 0) is 31.6 Å². The maximum atomic E-state index is 12.4. The Bertz CT molecular complexity index is 351. The van der Waals surface area contributed by atoms with Gasteiger partial charge in [-0.25, -0.2) is 4.79 Å². The normalized spacial score (nSPS) is 29.5. The van der Waals surface area contributed by atoms with Crippen LogP contribution in [0.25, 0.3) is 0 Å². The van der Waals surface area contributed by atoms with Crippen molar-refractivity contribution in [2.24, 2.45) is 5.92 Å². The molecule has 1 heterocycles. The number of alkyl halides is 3. The lowest BCUT2D eigenvalue weighted by atomic mass is 10.1. The van der Waals surface area contributed by atoms with Gasteiger partial charge in [0, 0.05) is 6.04 Å². The van der Waals surface area contributed by atoms with Crippen LogP contribution in [0.2, 0.25) is 0 Å². The Morgan fingerprint density at radius 3 is 2.12 bits per heavy atom. The number of hydrogen-bond acceptors (Lipinski definition) is 2. The van der Waals surface area contributed by atoms with Crippen molar-refractivity contribution in [3.63, 3.8) is 0 Å². The monoisotopic (exact) mass is 251 g/mol. The summed E-state index contributed by atoms with van der Waals surface area (Å²) in [5, 5.41) is 8.86. The van der Waals surface area contributed by atoms with Crippen LogP contribution in [0.4, 0.5) is 13.2 Å². The average Bonchev–Trinajstić information content (AvgIpc) is 2.94. The quantitative estimate of drug-likeness (QED) is 0.807. The largest absolute Gasteiger partial charge is 0.480 e. The fourth-order valence-corrected chi connectivity index (χ4v) is 2.46. The Morgan fingerprint density at radius 1 is 1.12 bits per heavy atom. The highest BCUT2D eigenvalue weighted by Crippen LogP contribution is 2.43. The minimum atomic E-state index is -4.99. The first-order valence-corrected chi connectivity index (χ1v) is 5.44. The molecule has 1 amide bonds. The predicted molar refractivity (Wildman–Crippen MR) is 50.1 cm³/mol. The molecule has 0 aromatic rings. The van der Waals surface area contributed by atoms with Crippen molar-refractivity contribution in [3.05, 3.63) is 0 Å². The Morgan fingerprint density at radius 2 is 1.71 bits per heavy atom. The lowest BCUT2D eigenvalue weighted by Crippen LogP contribution is -2.51. The van der Waals surface area contributed by atoms with Crippen LogP contribution in [-0.2, 0) is 9.59 Å². The number of nitrogens with zero attached hydrogens (tertiary/aromatic N) is 1. The van der Waals surface area contributed by atoms with Crippen molar-refractivity contribution in [1.29, 1.82) is 0 Å². The third kappa shape index (κ3) is 2.23. The summed E-state index contributed by atoms with van der Waals surface area (Å²) >= 11 is 0. The average molecular weight is 251 g/mol. The molecule has 1 aliphatic heterocycles. The summed E-state index contributed by atoms with van der Waals surface area (Å²) in [5.74, 6) is -3.32. The van der Waals surface area contributed by atoms with Crippen LogP contribution < -0.4 is 0 Å². The van der Waals surface area contributed by atoms with Gasteiger partial charge in [0.05, 0.1) is 0 Å². The zero-order valence-electron chi connectivity index (χ0n) is 8.91. The van der Waals surface area contributed by atoms with Crippen molar-refractivity contribution < 1.29 is 27.9 Å². The second kappa shape index (κ2) is 3.89. The first-order chi connectivity index (χ1) is 7.82. The summed E-state index contributed by atoms with van der Waals surface area (Å²) in [6.07, 6.45) is -2.98. The number of rotatable bonds is 2. The van der Waals surface area contributed by atoms with E-state index in [-0.39, 0.29) is 12.3 Å². The molecule has 2 fully saturated rings. The maximum Gasteiger partial charge on any atom is 0.471 e. The highest BCUT2D eigenvalue weighted by atomic mass is 19.4. The van der Waals surface area contributed by atoms with Crippen molar-refractivity contribution in [1.82, 2.24) is 4.90 Å². The molecule has 4 nitrogen and oxygen atoms in total. The number of hydrogen-bond donors (Lipinski definition) is 1. The van der Waals surface area contributed by atoms with Crippen LogP contribution in [0.1, 0.15) is 25.7 Å². The number of carboxylic acid groups (broad SMARTS) is 1. The smallest absolute Gasteiger partial charge is 0.471 e. The van der Waals surface area contributed by atoms with Gasteiger partial charge >= 0.3 is 18.1 Å². The van der Waals surface area contributed by atoms with Gasteiger partial charge in [0.1, 0.15) is 6.04 Å². The van der Waals surface area contributed by atoms with Gasteiger partial charge < -0.3 is 10.0 Å². The number of carbonyl (C=O) groups excluding carboxylic acids is 1. The first-order valence-electron chi connectivity index (χ1n) is 5.44. The van der Waals surface area contributed by atoms with Crippen LogP contribution in [0.15, 0.2) is 0 Å².